The summed E-state index contributed by atoms with van der Waals surface area (Å²) in [4.78, 5) is 23.1. The number of carbonyl (C=O) groups is 1. The second-order valence-electron chi connectivity index (χ2n) is 5.90. The van der Waals surface area contributed by atoms with Crippen LogP contribution in [0.5, 0.6) is 5.88 Å². The molecule has 1 N–H and O–H groups in total. The Bertz CT molecular complexity index is 522. The molecular formula is C15H22N4O2. The van der Waals surface area contributed by atoms with E-state index in [1.165, 1.54) is 0 Å². The average molecular weight is 290 g/mol. The summed E-state index contributed by atoms with van der Waals surface area (Å²) in [5.74, 6) is 1.65. The minimum atomic E-state index is 0.133. The highest BCUT2D eigenvalue weighted by molar-refractivity contribution is 5.79. The maximum absolute atomic E-state index is 12.1. The van der Waals surface area contributed by atoms with Crippen molar-refractivity contribution in [1.29, 1.82) is 0 Å². The molecule has 2 fully saturated rings. The number of nitrogens with one attached hydrogen (secondary N) is 1. The Balaban J connectivity index is 1.59. The van der Waals surface area contributed by atoms with Crippen molar-refractivity contribution in [1.82, 2.24) is 15.3 Å². The first-order chi connectivity index (χ1) is 10.2. The van der Waals surface area contributed by atoms with E-state index < -0.39 is 0 Å². The van der Waals surface area contributed by atoms with Crippen molar-refractivity contribution in [3.8, 4) is 5.88 Å². The van der Waals surface area contributed by atoms with Crippen LogP contribution >= 0.6 is 0 Å². The van der Waals surface area contributed by atoms with E-state index in [1.54, 1.807) is 7.11 Å². The molecule has 0 aromatic carbocycles. The van der Waals surface area contributed by atoms with Gasteiger partial charge in [-0.05, 0) is 32.6 Å². The van der Waals surface area contributed by atoms with Crippen LogP contribution in [0.2, 0.25) is 0 Å². The number of ether oxygens (including phenoxy) is 1. The first-order valence-corrected chi connectivity index (χ1v) is 7.60. The number of carbonyl (C=O) groups excluding carboxylic acids is 1. The molecule has 0 unspecified atom stereocenters. The van der Waals surface area contributed by atoms with Crippen molar-refractivity contribution in [2.75, 3.05) is 25.1 Å². The number of piperidine rings is 1. The van der Waals surface area contributed by atoms with Crippen LogP contribution in [0.3, 0.4) is 0 Å². The number of methoxy groups -OCH3 is 1. The van der Waals surface area contributed by atoms with Gasteiger partial charge in [-0.15, -0.1) is 0 Å². The van der Waals surface area contributed by atoms with Crippen molar-refractivity contribution < 1.29 is 9.53 Å². The summed E-state index contributed by atoms with van der Waals surface area (Å²) in [6, 6.07) is 2.26. The number of nitrogens with zero attached hydrogens (tertiary/aromatic N) is 3. The van der Waals surface area contributed by atoms with Crippen LogP contribution in [0.15, 0.2) is 6.07 Å². The normalized spacial score (nSPS) is 19.4. The number of hydrogen-bond acceptors (Lipinski definition) is 5. The Morgan fingerprint density at radius 3 is 2.62 bits per heavy atom. The van der Waals surface area contributed by atoms with E-state index in [1.807, 2.05) is 13.0 Å². The molecule has 21 heavy (non-hydrogen) atoms. The monoisotopic (exact) mass is 290 g/mol. The molecule has 1 aliphatic carbocycles. The molecule has 3 rings (SSSR count). The van der Waals surface area contributed by atoms with Gasteiger partial charge in [0.05, 0.1) is 7.11 Å². The van der Waals surface area contributed by atoms with Crippen LogP contribution in [-0.2, 0) is 4.79 Å². The number of anilines is 1. The lowest BCUT2D eigenvalue weighted by Gasteiger charge is -2.31. The number of aryl methyl sites for hydroxylation is 1. The molecule has 0 bridgehead atoms. The first kappa shape index (κ1) is 14.1. The summed E-state index contributed by atoms with van der Waals surface area (Å²) in [5.41, 5.74) is 0.894. The van der Waals surface area contributed by atoms with Crippen LogP contribution in [0.1, 0.15) is 31.4 Å². The summed E-state index contributed by atoms with van der Waals surface area (Å²) < 4.78 is 5.19. The fraction of sp³-hybridized carbons (Fsp3) is 0.667. The van der Waals surface area contributed by atoms with E-state index in [2.05, 4.69) is 20.2 Å². The Hall–Kier alpha value is -1.85. The van der Waals surface area contributed by atoms with Crippen LogP contribution < -0.4 is 15.0 Å². The van der Waals surface area contributed by atoms with E-state index in [0.717, 1.165) is 44.5 Å². The highest BCUT2D eigenvalue weighted by Gasteiger charge is 2.30. The van der Waals surface area contributed by atoms with Crippen LogP contribution in [0.4, 0.5) is 5.95 Å². The molecule has 1 amide bonds. The Morgan fingerprint density at radius 2 is 2.00 bits per heavy atom. The summed E-state index contributed by atoms with van der Waals surface area (Å²) in [6.45, 7) is 3.56. The SMILES string of the molecule is COc1cc(C)nc(N2CCC(C(=O)NC3CC3)CC2)n1. The fourth-order valence-corrected chi connectivity index (χ4v) is 2.66. The predicted octanol–water partition coefficient (Wildman–Crippen LogP) is 1.29. The zero-order valence-electron chi connectivity index (χ0n) is 12.6. The zero-order chi connectivity index (χ0) is 14.8. The highest BCUT2D eigenvalue weighted by atomic mass is 16.5. The van der Waals surface area contributed by atoms with Crippen molar-refractivity contribution in [3.05, 3.63) is 11.8 Å². The standard InChI is InChI=1S/C15H22N4O2/c1-10-9-13(21-2)18-15(16-10)19-7-5-11(6-8-19)14(20)17-12-3-4-12/h9,11-12H,3-8H2,1-2H3,(H,17,20). The average Bonchev–Trinajstić information content (AvgIpc) is 3.30. The Labute approximate surface area is 124 Å². The van der Waals surface area contributed by atoms with Gasteiger partial charge < -0.3 is 15.0 Å². The lowest BCUT2D eigenvalue weighted by atomic mass is 9.96. The minimum Gasteiger partial charge on any atom is -0.481 e. The van der Waals surface area contributed by atoms with Crippen LogP contribution in [0, 0.1) is 12.8 Å². The molecule has 0 spiro atoms. The van der Waals surface area contributed by atoms with Gasteiger partial charge in [-0.3, -0.25) is 4.79 Å². The lowest BCUT2D eigenvalue weighted by Crippen LogP contribution is -2.41. The largest absolute Gasteiger partial charge is 0.481 e. The van der Waals surface area contributed by atoms with E-state index in [9.17, 15) is 4.79 Å². The van der Waals surface area contributed by atoms with Gasteiger partial charge in [-0.1, -0.05) is 0 Å². The van der Waals surface area contributed by atoms with Gasteiger partial charge in [0.2, 0.25) is 17.7 Å². The molecule has 1 saturated carbocycles. The third-order valence-corrected chi connectivity index (χ3v) is 4.10. The summed E-state index contributed by atoms with van der Waals surface area (Å²) in [6.07, 6.45) is 4.00. The molecule has 114 valence electrons. The molecule has 1 aromatic rings. The van der Waals surface area contributed by atoms with Crippen molar-refractivity contribution in [2.45, 2.75) is 38.6 Å². The van der Waals surface area contributed by atoms with Gasteiger partial charge >= 0.3 is 0 Å². The number of rotatable bonds is 4. The van der Waals surface area contributed by atoms with Gasteiger partial charge in [-0.25, -0.2) is 4.98 Å². The highest BCUT2D eigenvalue weighted by Crippen LogP contribution is 2.25. The van der Waals surface area contributed by atoms with Crippen molar-refractivity contribution in [3.63, 3.8) is 0 Å². The second kappa shape index (κ2) is 5.87. The number of aromatic nitrogens is 2. The third kappa shape index (κ3) is 3.43. The molecule has 0 radical (unpaired) electrons. The van der Waals surface area contributed by atoms with Gasteiger partial charge in [-0.2, -0.15) is 4.98 Å². The third-order valence-electron chi connectivity index (χ3n) is 4.10. The maximum atomic E-state index is 12.1. The molecule has 0 atom stereocenters. The minimum absolute atomic E-state index is 0.133. The zero-order valence-corrected chi connectivity index (χ0v) is 12.6. The van der Waals surface area contributed by atoms with Gasteiger partial charge in [0.25, 0.3) is 0 Å². The number of hydrogen-bond donors (Lipinski definition) is 1. The summed E-state index contributed by atoms with van der Waals surface area (Å²) >= 11 is 0. The molecule has 1 aromatic heterocycles. The molecule has 1 aliphatic heterocycles. The van der Waals surface area contributed by atoms with E-state index >= 15 is 0 Å². The van der Waals surface area contributed by atoms with E-state index in [0.29, 0.717) is 17.9 Å². The van der Waals surface area contributed by atoms with Crippen LogP contribution in [0.25, 0.3) is 0 Å². The Kier molecular flexibility index (Phi) is 3.94. The molecule has 2 heterocycles. The predicted molar refractivity (Wildman–Crippen MR) is 79.4 cm³/mol. The van der Waals surface area contributed by atoms with E-state index in [-0.39, 0.29) is 11.8 Å². The Morgan fingerprint density at radius 1 is 1.29 bits per heavy atom. The first-order valence-electron chi connectivity index (χ1n) is 7.60. The molecule has 6 nitrogen and oxygen atoms in total. The lowest BCUT2D eigenvalue weighted by molar-refractivity contribution is -0.125. The van der Waals surface area contributed by atoms with Crippen LogP contribution in [-0.4, -0.2) is 42.1 Å². The molecule has 2 aliphatic rings. The summed E-state index contributed by atoms with van der Waals surface area (Å²) in [7, 11) is 1.61. The fourth-order valence-electron chi connectivity index (χ4n) is 2.66. The molecule has 1 saturated heterocycles. The molecule has 6 heteroatoms. The van der Waals surface area contributed by atoms with Gasteiger partial charge in [0.15, 0.2) is 0 Å². The second-order valence-corrected chi connectivity index (χ2v) is 5.90. The van der Waals surface area contributed by atoms with E-state index in [4.69, 9.17) is 4.74 Å². The number of amides is 1. The van der Waals surface area contributed by atoms with Gasteiger partial charge in [0, 0.05) is 36.8 Å². The smallest absolute Gasteiger partial charge is 0.228 e. The molecular weight excluding hydrogens is 268 g/mol. The van der Waals surface area contributed by atoms with Gasteiger partial charge in [0.1, 0.15) is 0 Å². The van der Waals surface area contributed by atoms with Crippen molar-refractivity contribution >= 4 is 11.9 Å². The van der Waals surface area contributed by atoms with Crippen molar-refractivity contribution in [2.24, 2.45) is 5.92 Å². The summed E-state index contributed by atoms with van der Waals surface area (Å²) in [5, 5.41) is 3.10. The maximum Gasteiger partial charge on any atom is 0.228 e. The topological polar surface area (TPSA) is 67.3 Å². The quantitative estimate of drug-likeness (QED) is 0.905.